The lowest BCUT2D eigenvalue weighted by molar-refractivity contribution is 0.0963. The maximum Gasteiger partial charge on any atom is 0.357 e. The molecule has 1 amide bonds. The number of nitrogens with zero attached hydrogens (tertiary/aromatic N) is 5. The first-order chi connectivity index (χ1) is 13.6. The smallest absolute Gasteiger partial charge is 0.357 e. The van der Waals surface area contributed by atoms with Gasteiger partial charge in [0.1, 0.15) is 0 Å². The Balaban J connectivity index is 1.95. The van der Waals surface area contributed by atoms with Crippen LogP contribution in [0.3, 0.4) is 0 Å². The number of nitrogens with two attached hydrogens (primary N) is 2. The van der Waals surface area contributed by atoms with Crippen molar-refractivity contribution in [2.75, 3.05) is 30.5 Å². The van der Waals surface area contributed by atoms with E-state index in [1.54, 1.807) is 18.0 Å². The van der Waals surface area contributed by atoms with Crippen LogP contribution in [0.5, 0.6) is 0 Å². The molecule has 3 rings (SSSR count). The van der Waals surface area contributed by atoms with Crippen molar-refractivity contribution in [3.63, 3.8) is 0 Å². The van der Waals surface area contributed by atoms with Crippen LogP contribution < -0.4 is 27.0 Å². The number of aromatic nitrogens is 4. The van der Waals surface area contributed by atoms with Gasteiger partial charge >= 0.3 is 7.60 Å². The Morgan fingerprint density at radius 2 is 1.97 bits per heavy atom. The van der Waals surface area contributed by atoms with Gasteiger partial charge in [-0.1, -0.05) is 0 Å². The van der Waals surface area contributed by atoms with Crippen molar-refractivity contribution in [1.82, 2.24) is 25.3 Å². The molecular formula is C16H19N8O4P. The summed E-state index contributed by atoms with van der Waals surface area (Å²) >= 11 is 0. The third kappa shape index (κ3) is 4.24. The quantitative estimate of drug-likeness (QED) is 0.332. The van der Waals surface area contributed by atoms with Gasteiger partial charge in [-0.3, -0.25) is 9.36 Å². The van der Waals surface area contributed by atoms with Crippen LogP contribution in [0, 0.1) is 0 Å². The highest BCUT2D eigenvalue weighted by Gasteiger charge is 2.26. The van der Waals surface area contributed by atoms with Crippen molar-refractivity contribution in [2.24, 2.45) is 0 Å². The van der Waals surface area contributed by atoms with Gasteiger partial charge in [-0.25, -0.2) is 9.97 Å². The van der Waals surface area contributed by atoms with Gasteiger partial charge in [-0.05, 0) is 18.2 Å². The number of nitrogens with one attached hydrogen (secondary N) is 1. The molecule has 7 N–H and O–H groups in total. The van der Waals surface area contributed by atoms with Crippen LogP contribution in [0.2, 0.25) is 0 Å². The van der Waals surface area contributed by atoms with Gasteiger partial charge in [-0.15, -0.1) is 0 Å². The monoisotopic (exact) mass is 418 g/mol. The maximum atomic E-state index is 11.9. The van der Waals surface area contributed by atoms with Crippen LogP contribution >= 0.6 is 7.60 Å². The second-order valence-electron chi connectivity index (χ2n) is 6.18. The van der Waals surface area contributed by atoms with E-state index in [1.165, 1.54) is 25.4 Å². The number of benzene rings is 1. The first-order valence-electron chi connectivity index (χ1n) is 8.28. The number of carbonyl (C=O) groups excluding carboxylic acids is 1. The molecule has 0 aliphatic rings. The summed E-state index contributed by atoms with van der Waals surface area (Å²) < 4.78 is 11.9. The molecule has 2 heterocycles. The van der Waals surface area contributed by atoms with Crippen molar-refractivity contribution < 1.29 is 19.1 Å². The molecule has 0 radical (unpaired) electrons. The minimum absolute atomic E-state index is 0.00431. The molecule has 0 saturated heterocycles. The number of carbonyl (C=O) groups is 1. The van der Waals surface area contributed by atoms with Gasteiger partial charge in [0.2, 0.25) is 5.95 Å². The average Bonchev–Trinajstić information content (AvgIpc) is 2.66. The zero-order valence-corrected chi connectivity index (χ0v) is 16.5. The minimum atomic E-state index is -4.68. The van der Waals surface area contributed by atoms with Gasteiger partial charge in [-0.2, -0.15) is 9.97 Å². The fourth-order valence-electron chi connectivity index (χ4n) is 2.72. The number of hydrogen-bond donors (Lipinski definition) is 5. The number of anilines is 3. The largest absolute Gasteiger partial charge is 0.382 e. The highest BCUT2D eigenvalue weighted by Crippen LogP contribution is 2.36. The molecule has 0 atom stereocenters. The molecule has 3 aromatic rings. The summed E-state index contributed by atoms with van der Waals surface area (Å²) in [5.41, 5.74) is 12.8. The van der Waals surface area contributed by atoms with Gasteiger partial charge in [0, 0.05) is 19.8 Å². The van der Waals surface area contributed by atoms with E-state index in [0.29, 0.717) is 16.9 Å². The van der Waals surface area contributed by atoms with E-state index in [1.807, 2.05) is 0 Å². The summed E-state index contributed by atoms with van der Waals surface area (Å²) in [6, 6.07) is 4.22. The standard InChI is InChI=1S/C16H19N8O4P/c1-19-15(25)10-4-3-9(5-11(10)29(26,27)28)24(2)7-8-6-20-14-12(21-8)13(17)22-16(18)23-14/h3-6H,7H2,1-2H3,(H,19,25)(H2,26,27,28)(H4,17,18,20,22,23). The van der Waals surface area contributed by atoms with Gasteiger partial charge in [0.25, 0.3) is 5.91 Å². The lowest BCUT2D eigenvalue weighted by Crippen LogP contribution is -2.27. The highest BCUT2D eigenvalue weighted by atomic mass is 31.2. The summed E-state index contributed by atoms with van der Waals surface area (Å²) in [7, 11) is -1.59. The Bertz CT molecular complexity index is 1150. The Morgan fingerprint density at radius 1 is 1.24 bits per heavy atom. The molecule has 1 aromatic carbocycles. The fourth-order valence-corrected chi connectivity index (χ4v) is 3.51. The van der Waals surface area contributed by atoms with E-state index in [4.69, 9.17) is 11.5 Å². The normalized spacial score (nSPS) is 11.4. The molecule has 12 nitrogen and oxygen atoms in total. The van der Waals surface area contributed by atoms with Crippen LogP contribution in [0.1, 0.15) is 16.1 Å². The Morgan fingerprint density at radius 3 is 2.62 bits per heavy atom. The van der Waals surface area contributed by atoms with E-state index in [9.17, 15) is 19.1 Å². The summed E-state index contributed by atoms with van der Waals surface area (Å²) in [5, 5.41) is 2.00. The Hall–Kier alpha value is -3.34. The summed E-state index contributed by atoms with van der Waals surface area (Å²) in [6.45, 7) is 0.243. The zero-order chi connectivity index (χ0) is 21.3. The third-order valence-electron chi connectivity index (χ3n) is 4.11. The second-order valence-corrected chi connectivity index (χ2v) is 7.75. The molecular weight excluding hydrogens is 399 g/mol. The molecule has 0 saturated carbocycles. The maximum absolute atomic E-state index is 11.9. The summed E-state index contributed by atoms with van der Waals surface area (Å²) in [4.78, 5) is 49.3. The average molecular weight is 418 g/mol. The van der Waals surface area contributed by atoms with Crippen LogP contribution in [0.25, 0.3) is 11.2 Å². The summed E-state index contributed by atoms with van der Waals surface area (Å²) in [5.74, 6) is -0.494. The summed E-state index contributed by atoms with van der Waals surface area (Å²) in [6.07, 6.45) is 1.49. The highest BCUT2D eigenvalue weighted by molar-refractivity contribution is 7.60. The molecule has 0 aliphatic carbocycles. The Labute approximate surface area is 165 Å². The van der Waals surface area contributed by atoms with Crippen LogP contribution in [-0.4, -0.2) is 49.7 Å². The minimum Gasteiger partial charge on any atom is -0.382 e. The van der Waals surface area contributed by atoms with E-state index in [0.717, 1.165) is 0 Å². The molecule has 0 spiro atoms. The molecule has 29 heavy (non-hydrogen) atoms. The number of amides is 1. The lowest BCUT2D eigenvalue weighted by Gasteiger charge is -2.21. The fraction of sp³-hybridized carbons (Fsp3) is 0.188. The van der Waals surface area contributed by atoms with Gasteiger partial charge in [0.05, 0.1) is 29.3 Å². The number of hydrogen-bond acceptors (Lipinski definition) is 9. The molecule has 0 bridgehead atoms. The topological polar surface area (TPSA) is 193 Å². The van der Waals surface area contributed by atoms with Crippen molar-refractivity contribution in [3.05, 3.63) is 35.7 Å². The van der Waals surface area contributed by atoms with Crippen molar-refractivity contribution >= 4 is 47.4 Å². The molecule has 0 unspecified atom stereocenters. The van der Waals surface area contributed by atoms with Crippen molar-refractivity contribution in [2.45, 2.75) is 6.54 Å². The molecule has 0 aliphatic heterocycles. The molecule has 2 aromatic heterocycles. The van der Waals surface area contributed by atoms with Gasteiger partial charge in [0.15, 0.2) is 17.0 Å². The van der Waals surface area contributed by atoms with Gasteiger partial charge < -0.3 is 31.5 Å². The van der Waals surface area contributed by atoms with Crippen molar-refractivity contribution in [3.8, 4) is 0 Å². The van der Waals surface area contributed by atoms with E-state index < -0.39 is 13.5 Å². The van der Waals surface area contributed by atoms with Crippen LogP contribution in [0.4, 0.5) is 17.5 Å². The third-order valence-corrected chi connectivity index (χ3v) is 5.11. The first-order valence-corrected chi connectivity index (χ1v) is 9.89. The molecule has 0 fully saturated rings. The molecule has 13 heteroatoms. The first kappa shape index (κ1) is 20.4. The zero-order valence-electron chi connectivity index (χ0n) is 15.6. The Kier molecular flexibility index (Phi) is 5.33. The van der Waals surface area contributed by atoms with E-state index in [2.05, 4.69) is 25.3 Å². The predicted octanol–water partition coefficient (Wildman–Crippen LogP) is -0.617. The van der Waals surface area contributed by atoms with Crippen LogP contribution in [0.15, 0.2) is 24.4 Å². The van der Waals surface area contributed by atoms with E-state index in [-0.39, 0.29) is 34.8 Å². The number of rotatable bonds is 5. The lowest BCUT2D eigenvalue weighted by atomic mass is 10.1. The number of fused-ring (bicyclic) bond motifs is 1. The van der Waals surface area contributed by atoms with Crippen LogP contribution in [-0.2, 0) is 11.1 Å². The van der Waals surface area contributed by atoms with E-state index >= 15 is 0 Å². The second kappa shape index (κ2) is 7.59. The SMILES string of the molecule is CNC(=O)c1ccc(N(C)Cc2cnc3nc(N)nc(N)c3n2)cc1P(=O)(O)O. The number of nitrogen functional groups attached to an aromatic ring is 2. The molecule has 152 valence electrons. The predicted molar refractivity (Wildman–Crippen MR) is 108 cm³/mol. The van der Waals surface area contributed by atoms with Crippen molar-refractivity contribution in [1.29, 1.82) is 0 Å².